The zero-order valence-electron chi connectivity index (χ0n) is 12.7. The third-order valence-electron chi connectivity index (χ3n) is 4.48. The molecule has 1 heterocycles. The Labute approximate surface area is 135 Å². The summed E-state index contributed by atoms with van der Waals surface area (Å²) in [5.41, 5.74) is 2.12. The van der Waals surface area contributed by atoms with Crippen molar-refractivity contribution in [3.63, 3.8) is 0 Å². The molecular weight excluding hydrogens is 304 g/mol. The van der Waals surface area contributed by atoms with E-state index in [4.69, 9.17) is 21.3 Å². The van der Waals surface area contributed by atoms with E-state index in [9.17, 15) is 0 Å². The number of ether oxygens (including phenoxy) is 1. The lowest BCUT2D eigenvalue weighted by Crippen LogP contribution is -2.38. The highest BCUT2D eigenvalue weighted by Crippen LogP contribution is 2.45. The van der Waals surface area contributed by atoms with Gasteiger partial charge in [0.25, 0.3) is 0 Å². The maximum atomic E-state index is 6.37. The van der Waals surface area contributed by atoms with Crippen LogP contribution in [0.3, 0.4) is 0 Å². The van der Waals surface area contributed by atoms with Crippen LogP contribution < -0.4 is 4.74 Å². The molecule has 1 saturated carbocycles. The number of rotatable bonds is 5. The fourth-order valence-corrected chi connectivity index (χ4v) is 4.13. The predicted octanol–water partition coefficient (Wildman–Crippen LogP) is 4.63. The normalized spacial score (nSPS) is 18.5. The Hall–Kier alpha value is -0.870. The molecule has 1 atom stereocenters. The van der Waals surface area contributed by atoms with Crippen LogP contribution in [-0.2, 0) is 6.54 Å². The van der Waals surface area contributed by atoms with Crippen LogP contribution >= 0.6 is 23.4 Å². The third kappa shape index (κ3) is 2.64. The summed E-state index contributed by atoms with van der Waals surface area (Å²) in [5.74, 6) is 1.80. The summed E-state index contributed by atoms with van der Waals surface area (Å²) in [4.78, 5) is 4.74. The Morgan fingerprint density at radius 2 is 2.24 bits per heavy atom. The van der Waals surface area contributed by atoms with Crippen LogP contribution in [0.2, 0.25) is 0 Å². The van der Waals surface area contributed by atoms with E-state index in [0.717, 1.165) is 29.2 Å². The third-order valence-corrected chi connectivity index (χ3v) is 6.08. The summed E-state index contributed by atoms with van der Waals surface area (Å²) in [6, 6.07) is 6.08. The number of fused-ring (bicyclic) bond motifs is 1. The lowest BCUT2D eigenvalue weighted by atomic mass is 9.84. The van der Waals surface area contributed by atoms with Crippen molar-refractivity contribution in [1.29, 1.82) is 0 Å². The van der Waals surface area contributed by atoms with Crippen molar-refractivity contribution >= 4 is 34.4 Å². The zero-order chi connectivity index (χ0) is 15.0. The fourth-order valence-electron chi connectivity index (χ4n) is 3.01. The van der Waals surface area contributed by atoms with Crippen LogP contribution in [0.25, 0.3) is 11.0 Å². The smallest absolute Gasteiger partial charge is 0.127 e. The highest BCUT2D eigenvalue weighted by atomic mass is 35.5. The summed E-state index contributed by atoms with van der Waals surface area (Å²) in [5, 5.41) is -0.0950. The number of hydrogen-bond acceptors (Lipinski definition) is 3. The fraction of sp³-hybridized carbons (Fsp3) is 0.562. The number of alkyl halides is 1. The maximum absolute atomic E-state index is 6.37. The first-order valence-electron chi connectivity index (χ1n) is 7.32. The molecule has 0 radical (unpaired) electrons. The lowest BCUT2D eigenvalue weighted by molar-refractivity contribution is 0.321. The van der Waals surface area contributed by atoms with Crippen molar-refractivity contribution in [3.8, 4) is 5.75 Å². The molecule has 0 bridgehead atoms. The van der Waals surface area contributed by atoms with E-state index in [1.54, 1.807) is 7.11 Å². The van der Waals surface area contributed by atoms with E-state index >= 15 is 0 Å². The Kier molecular flexibility index (Phi) is 4.10. The summed E-state index contributed by atoms with van der Waals surface area (Å²) in [7, 11) is 1.68. The second kappa shape index (κ2) is 5.73. The molecule has 0 saturated heterocycles. The van der Waals surface area contributed by atoms with Crippen LogP contribution in [0.5, 0.6) is 5.75 Å². The second-order valence-electron chi connectivity index (χ2n) is 5.77. The van der Waals surface area contributed by atoms with Crippen LogP contribution in [0.15, 0.2) is 18.2 Å². The van der Waals surface area contributed by atoms with Gasteiger partial charge in [-0.15, -0.1) is 11.6 Å². The molecule has 114 valence electrons. The van der Waals surface area contributed by atoms with Crippen LogP contribution in [0.4, 0.5) is 0 Å². The highest BCUT2D eigenvalue weighted by molar-refractivity contribution is 8.00. The van der Waals surface area contributed by atoms with Gasteiger partial charge in [-0.05, 0) is 38.2 Å². The number of imidazole rings is 1. The summed E-state index contributed by atoms with van der Waals surface area (Å²) in [6.07, 6.45) is 6.10. The highest BCUT2D eigenvalue weighted by Gasteiger charge is 2.37. The maximum Gasteiger partial charge on any atom is 0.127 e. The van der Waals surface area contributed by atoms with E-state index in [0.29, 0.717) is 4.75 Å². The predicted molar refractivity (Wildman–Crippen MR) is 90.7 cm³/mol. The molecule has 21 heavy (non-hydrogen) atoms. The number of aromatic nitrogens is 2. The Morgan fingerprint density at radius 1 is 1.48 bits per heavy atom. The van der Waals surface area contributed by atoms with Gasteiger partial charge in [0.05, 0.1) is 23.5 Å². The minimum Gasteiger partial charge on any atom is -0.497 e. The monoisotopic (exact) mass is 324 g/mol. The lowest BCUT2D eigenvalue weighted by Gasteiger charge is -2.41. The molecule has 1 aliphatic rings. The molecule has 5 heteroatoms. The Bertz CT molecular complexity index is 643. The van der Waals surface area contributed by atoms with Crippen molar-refractivity contribution in [2.24, 2.45) is 0 Å². The second-order valence-corrected chi connectivity index (χ2v) is 7.70. The number of benzene rings is 1. The van der Waals surface area contributed by atoms with Gasteiger partial charge in [0, 0.05) is 17.4 Å². The van der Waals surface area contributed by atoms with Gasteiger partial charge in [-0.3, -0.25) is 0 Å². The molecule has 2 aromatic rings. The van der Waals surface area contributed by atoms with Crippen molar-refractivity contribution in [2.45, 2.75) is 42.9 Å². The number of hydrogen-bond donors (Lipinski definition) is 0. The summed E-state index contributed by atoms with van der Waals surface area (Å²) in [6.45, 7) is 2.98. The molecule has 0 spiro atoms. The average Bonchev–Trinajstić information content (AvgIpc) is 2.80. The molecule has 1 fully saturated rings. The Balaban J connectivity index is 2.07. The van der Waals surface area contributed by atoms with E-state index < -0.39 is 0 Å². The minimum absolute atomic E-state index is 0.0950. The topological polar surface area (TPSA) is 27.1 Å². The van der Waals surface area contributed by atoms with Crippen LogP contribution in [0.1, 0.15) is 37.4 Å². The Morgan fingerprint density at radius 3 is 2.76 bits per heavy atom. The van der Waals surface area contributed by atoms with Crippen molar-refractivity contribution in [2.75, 3.05) is 13.4 Å². The molecule has 0 aliphatic heterocycles. The molecular formula is C16H21ClN2OS. The van der Waals surface area contributed by atoms with Gasteiger partial charge in [0.15, 0.2) is 0 Å². The van der Waals surface area contributed by atoms with Crippen LogP contribution in [-0.4, -0.2) is 27.7 Å². The quantitative estimate of drug-likeness (QED) is 0.750. The summed E-state index contributed by atoms with van der Waals surface area (Å²) >= 11 is 8.34. The molecule has 1 aliphatic carbocycles. The van der Waals surface area contributed by atoms with E-state index in [1.807, 2.05) is 30.8 Å². The first kappa shape index (κ1) is 15.0. The molecule has 0 amide bonds. The van der Waals surface area contributed by atoms with E-state index in [-0.39, 0.29) is 5.38 Å². The van der Waals surface area contributed by atoms with Gasteiger partial charge in [0.2, 0.25) is 0 Å². The van der Waals surface area contributed by atoms with E-state index in [1.165, 1.54) is 19.3 Å². The molecule has 1 unspecified atom stereocenters. The SMILES string of the molecule is COc1ccc2c(c1)nc(C(C)Cl)n2CC1(SC)CCC1. The van der Waals surface area contributed by atoms with Crippen molar-refractivity contribution in [1.82, 2.24) is 9.55 Å². The number of nitrogens with zero attached hydrogens (tertiary/aromatic N) is 2. The number of methoxy groups -OCH3 is 1. The van der Waals surface area contributed by atoms with Gasteiger partial charge in [-0.2, -0.15) is 11.8 Å². The number of halogens is 1. The molecule has 1 aromatic carbocycles. The first-order valence-corrected chi connectivity index (χ1v) is 8.98. The van der Waals surface area contributed by atoms with Gasteiger partial charge in [-0.1, -0.05) is 6.42 Å². The molecule has 1 aromatic heterocycles. The molecule has 0 N–H and O–H groups in total. The van der Waals surface area contributed by atoms with Gasteiger partial charge in [0.1, 0.15) is 11.6 Å². The van der Waals surface area contributed by atoms with Gasteiger partial charge in [-0.25, -0.2) is 4.98 Å². The van der Waals surface area contributed by atoms with Gasteiger partial charge >= 0.3 is 0 Å². The first-order chi connectivity index (χ1) is 10.1. The number of thioether (sulfide) groups is 1. The van der Waals surface area contributed by atoms with E-state index in [2.05, 4.69) is 16.9 Å². The standard InChI is InChI=1S/C16H21ClN2OS/c1-11(17)15-18-13-9-12(20-2)5-6-14(13)19(15)10-16(21-3)7-4-8-16/h5-6,9,11H,4,7-8,10H2,1-3H3. The van der Waals surface area contributed by atoms with Gasteiger partial charge < -0.3 is 9.30 Å². The zero-order valence-corrected chi connectivity index (χ0v) is 14.3. The average molecular weight is 325 g/mol. The minimum atomic E-state index is -0.0950. The summed E-state index contributed by atoms with van der Waals surface area (Å²) < 4.78 is 7.96. The van der Waals surface area contributed by atoms with Crippen molar-refractivity contribution < 1.29 is 4.74 Å². The molecule has 3 nitrogen and oxygen atoms in total. The van der Waals surface area contributed by atoms with Crippen LogP contribution in [0, 0.1) is 0 Å². The largest absolute Gasteiger partial charge is 0.497 e. The molecule has 3 rings (SSSR count). The van der Waals surface area contributed by atoms with Crippen molar-refractivity contribution in [3.05, 3.63) is 24.0 Å².